The van der Waals surface area contributed by atoms with Crippen molar-refractivity contribution in [2.75, 3.05) is 6.61 Å². The number of fused-ring (bicyclic) bond motifs is 2. The Kier molecular flexibility index (Phi) is 3.97. The molecule has 0 saturated carbocycles. The molecule has 3 atom stereocenters. The summed E-state index contributed by atoms with van der Waals surface area (Å²) in [6, 6.07) is 16.9. The van der Waals surface area contributed by atoms with Crippen molar-refractivity contribution in [3.05, 3.63) is 72.1 Å². The number of ether oxygens (including phenoxy) is 2. The zero-order chi connectivity index (χ0) is 18.6. The van der Waals surface area contributed by atoms with Gasteiger partial charge in [-0.1, -0.05) is 0 Å². The van der Waals surface area contributed by atoms with Gasteiger partial charge in [0.25, 0.3) is 0 Å². The summed E-state index contributed by atoms with van der Waals surface area (Å²) in [6.07, 6.45) is 4.72. The van der Waals surface area contributed by atoms with Crippen LogP contribution in [0.4, 0.5) is 0 Å². The van der Waals surface area contributed by atoms with Crippen LogP contribution in [-0.4, -0.2) is 51.5 Å². The maximum absolute atomic E-state index is 6.72. The number of rotatable bonds is 0. The van der Waals surface area contributed by atoms with E-state index in [0.29, 0.717) is 32.4 Å². The van der Waals surface area contributed by atoms with Crippen molar-refractivity contribution in [1.29, 1.82) is 0 Å². The topological polar surface area (TPSA) is 24.9 Å². The average molecular weight is 552 g/mol. The van der Waals surface area contributed by atoms with Gasteiger partial charge in [0, 0.05) is 0 Å². The zero-order valence-corrected chi connectivity index (χ0v) is 20.2. The first-order chi connectivity index (χ1) is 13.0. The molecule has 3 unspecified atom stereocenters. The van der Waals surface area contributed by atoms with Gasteiger partial charge in [0.2, 0.25) is 0 Å². The van der Waals surface area contributed by atoms with Crippen molar-refractivity contribution in [3.8, 4) is 11.5 Å². The van der Waals surface area contributed by atoms with E-state index < -0.39 is 0 Å². The van der Waals surface area contributed by atoms with Crippen molar-refractivity contribution < 1.29 is 9.47 Å². The Morgan fingerprint density at radius 1 is 0.889 bits per heavy atom. The van der Waals surface area contributed by atoms with Crippen LogP contribution in [0.25, 0.3) is 0 Å². The fourth-order valence-electron chi connectivity index (χ4n) is 4.48. The second-order valence-electron chi connectivity index (χ2n) is 8.15. The van der Waals surface area contributed by atoms with E-state index in [9.17, 15) is 0 Å². The second-order valence-corrected chi connectivity index (χ2v) is 12.4. The van der Waals surface area contributed by atoms with Crippen molar-refractivity contribution in [2.24, 2.45) is 5.41 Å². The molecular weight excluding hydrogens is 529 g/mol. The van der Waals surface area contributed by atoms with Crippen LogP contribution in [0.3, 0.4) is 0 Å². The Morgan fingerprint density at radius 3 is 2.11 bits per heavy atom. The summed E-state index contributed by atoms with van der Waals surface area (Å²) in [5, 5.41) is 0. The summed E-state index contributed by atoms with van der Waals surface area (Å²) in [5.41, 5.74) is 2.33. The van der Waals surface area contributed by atoms with Crippen LogP contribution in [0.5, 0.6) is 11.5 Å². The van der Waals surface area contributed by atoms with Gasteiger partial charge in [0.05, 0.1) is 0 Å². The summed E-state index contributed by atoms with van der Waals surface area (Å²) in [7, 11) is 0. The molecule has 136 valence electrons. The predicted octanol–water partition coefficient (Wildman–Crippen LogP) is 3.48. The Hall–Kier alpha value is -1.70. The van der Waals surface area contributed by atoms with Gasteiger partial charge in [-0.05, 0) is 0 Å². The molecule has 2 aromatic rings. The fourth-order valence-corrected chi connectivity index (χ4v) is 5.88. The van der Waals surface area contributed by atoms with Gasteiger partial charge in [0.15, 0.2) is 0 Å². The number of para-hydroxylation sites is 2. The van der Waals surface area contributed by atoms with Crippen molar-refractivity contribution in [1.82, 2.24) is 9.80 Å². The molecule has 0 bridgehead atoms. The number of hydrogen-bond acceptors (Lipinski definition) is 4. The summed E-state index contributed by atoms with van der Waals surface area (Å²) in [4.78, 5) is 4.94. The van der Waals surface area contributed by atoms with E-state index in [4.69, 9.17) is 9.47 Å². The third-order valence-corrected chi connectivity index (χ3v) is 9.30. The van der Waals surface area contributed by atoms with E-state index in [1.807, 2.05) is 0 Å². The van der Waals surface area contributed by atoms with Crippen LogP contribution >= 0.6 is 0 Å². The van der Waals surface area contributed by atoms with Crippen LogP contribution in [0.2, 0.25) is 0 Å². The molecule has 3 aliphatic heterocycles. The molecule has 0 fully saturated rings. The van der Waals surface area contributed by atoms with Crippen LogP contribution in [-0.2, 0) is 13.1 Å². The summed E-state index contributed by atoms with van der Waals surface area (Å²) in [6.45, 7) is 6.95. The molecule has 0 aromatic heterocycles. The van der Waals surface area contributed by atoms with Gasteiger partial charge in [-0.2, -0.15) is 0 Å². The standard InChI is InChI=1S/C22H23N2O2.Tl/c1-16-22(2)15-25-19-9-5-3-7-17(19)13-23-11-12-24(21(22)23)14-18-8-4-6-10-20(18)26-16;/h3-12,21H,13-15H2,1-2H3;. The van der Waals surface area contributed by atoms with E-state index in [-0.39, 0.29) is 14.7 Å². The molecule has 0 saturated heterocycles. The molecule has 5 rings (SSSR count). The molecule has 0 aliphatic carbocycles. The van der Waals surface area contributed by atoms with E-state index >= 15 is 0 Å². The molecule has 3 heterocycles. The molecule has 4 nitrogen and oxygen atoms in total. The van der Waals surface area contributed by atoms with Gasteiger partial charge in [-0.25, -0.2) is 0 Å². The first kappa shape index (κ1) is 17.4. The first-order valence-corrected chi connectivity index (χ1v) is 11.7. The minimum absolute atomic E-state index is 0.164. The van der Waals surface area contributed by atoms with E-state index in [1.165, 1.54) is 11.1 Å². The molecule has 3 aliphatic rings. The summed E-state index contributed by atoms with van der Waals surface area (Å²) < 4.78 is 12.9. The van der Waals surface area contributed by atoms with Gasteiger partial charge in [-0.3, -0.25) is 0 Å². The fraction of sp³-hybridized carbons (Fsp3) is 0.364. The molecule has 0 N–H and O–H groups in total. The van der Waals surface area contributed by atoms with Crippen LogP contribution < -0.4 is 9.47 Å². The molecule has 0 radical (unpaired) electrons. The molecular formula is C22H23N2O2Tl. The Balaban J connectivity index is 1.65. The van der Waals surface area contributed by atoms with Gasteiger partial charge < -0.3 is 0 Å². The summed E-state index contributed by atoms with van der Waals surface area (Å²) in [5.74, 6) is 2.00. The zero-order valence-electron chi connectivity index (χ0n) is 15.8. The number of nitrogens with zero attached hydrogens (tertiary/aromatic N) is 2. The van der Waals surface area contributed by atoms with E-state index in [2.05, 4.69) is 84.6 Å². The second kappa shape index (κ2) is 6.16. The Labute approximate surface area is 176 Å². The molecule has 2 aromatic carbocycles. The molecule has 0 spiro atoms. The van der Waals surface area contributed by atoms with E-state index in [0.717, 1.165) is 24.6 Å². The van der Waals surface area contributed by atoms with Crippen molar-refractivity contribution in [2.45, 2.75) is 36.3 Å². The summed E-state index contributed by atoms with van der Waals surface area (Å²) >= 11 is 0.640. The third kappa shape index (κ3) is 2.67. The average Bonchev–Trinajstić information content (AvgIpc) is 3.02. The van der Waals surface area contributed by atoms with Gasteiger partial charge >= 0.3 is 177 Å². The van der Waals surface area contributed by atoms with Gasteiger partial charge in [-0.15, -0.1) is 0 Å². The van der Waals surface area contributed by atoms with Crippen LogP contribution in [0.15, 0.2) is 60.9 Å². The minimum atomic E-state index is -0.247. The Bertz CT molecular complexity index is 905. The van der Waals surface area contributed by atoms with Crippen molar-refractivity contribution >= 4 is 25.8 Å². The number of hydrogen-bond donors (Lipinski definition) is 0. The predicted molar refractivity (Wildman–Crippen MR) is 105 cm³/mol. The van der Waals surface area contributed by atoms with Crippen LogP contribution in [0.1, 0.15) is 25.0 Å². The normalized spacial score (nSPS) is 31.2. The van der Waals surface area contributed by atoms with Crippen LogP contribution in [0, 0.1) is 5.41 Å². The van der Waals surface area contributed by atoms with Gasteiger partial charge in [0.1, 0.15) is 0 Å². The quantitative estimate of drug-likeness (QED) is 0.468. The maximum atomic E-state index is 6.72. The third-order valence-electron chi connectivity index (χ3n) is 6.28. The SMILES string of the molecule is C[C]1([Tl])Oc2ccccc2CN2C=CN3Cc4ccccc4OCC1(C)C32. The number of benzene rings is 2. The monoisotopic (exact) mass is 552 g/mol. The first-order valence-electron chi connectivity index (χ1n) is 9.44. The molecule has 27 heavy (non-hydrogen) atoms. The van der Waals surface area contributed by atoms with E-state index in [1.54, 1.807) is 0 Å². The van der Waals surface area contributed by atoms with Crippen molar-refractivity contribution in [3.63, 3.8) is 0 Å². The molecule has 5 heteroatoms. The Morgan fingerprint density at radius 2 is 1.44 bits per heavy atom. The molecule has 0 amide bonds.